The van der Waals surface area contributed by atoms with Crippen molar-refractivity contribution < 1.29 is 0 Å². The molecule has 0 aromatic heterocycles. The van der Waals surface area contributed by atoms with E-state index in [9.17, 15) is 0 Å². The van der Waals surface area contributed by atoms with Crippen LogP contribution >= 0.6 is 0 Å². The van der Waals surface area contributed by atoms with Crippen molar-refractivity contribution >= 4 is 11.4 Å². The van der Waals surface area contributed by atoms with Gasteiger partial charge in [0.05, 0.1) is 23.1 Å². The van der Waals surface area contributed by atoms with Gasteiger partial charge in [0.15, 0.2) is 0 Å². The smallest absolute Gasteiger partial charge is 0.0995 e. The first kappa shape index (κ1) is 8.41. The van der Waals surface area contributed by atoms with E-state index in [2.05, 4.69) is 0 Å². The van der Waals surface area contributed by atoms with Crippen LogP contribution in [0.3, 0.4) is 0 Å². The first-order chi connectivity index (χ1) is 5.57. The highest BCUT2D eigenvalue weighted by Gasteiger charge is 2.17. The molecule has 0 amide bonds. The molecule has 12 heavy (non-hydrogen) atoms. The van der Waals surface area contributed by atoms with Gasteiger partial charge in [-0.3, -0.25) is 10.8 Å². The van der Waals surface area contributed by atoms with Crippen molar-refractivity contribution in [1.29, 1.82) is 16.1 Å². The van der Waals surface area contributed by atoms with Crippen molar-refractivity contribution in [2.24, 2.45) is 0 Å². The van der Waals surface area contributed by atoms with Gasteiger partial charge in [0.1, 0.15) is 0 Å². The lowest BCUT2D eigenvalue weighted by Crippen LogP contribution is -2.19. The lowest BCUT2D eigenvalue weighted by molar-refractivity contribution is 1.35. The summed E-state index contributed by atoms with van der Waals surface area (Å²) in [5.74, 6) is 0. The normalized spacial score (nSPS) is 17.6. The summed E-state index contributed by atoms with van der Waals surface area (Å²) >= 11 is 0. The van der Waals surface area contributed by atoms with E-state index in [1.165, 1.54) is 0 Å². The minimum atomic E-state index is 0.159. The predicted octanol–water partition coefficient (Wildman–Crippen LogP) is 1.83. The summed E-state index contributed by atoms with van der Waals surface area (Å²) in [6.45, 7) is 3.43. The predicted molar refractivity (Wildman–Crippen MR) is 47.5 cm³/mol. The molecular formula is C9H9N3. The van der Waals surface area contributed by atoms with Crippen LogP contribution in [0.25, 0.3) is 0 Å². The first-order valence-corrected chi connectivity index (χ1v) is 3.55. The highest BCUT2D eigenvalue weighted by molar-refractivity contribution is 6.52. The summed E-state index contributed by atoms with van der Waals surface area (Å²) in [5.41, 5.74) is 2.14. The van der Waals surface area contributed by atoms with Crippen LogP contribution in [0, 0.1) is 22.1 Å². The monoisotopic (exact) mass is 159 g/mol. The molecule has 0 radical (unpaired) electrons. The minimum absolute atomic E-state index is 0.159. The van der Waals surface area contributed by atoms with E-state index in [1.807, 2.05) is 6.07 Å². The lowest BCUT2D eigenvalue weighted by Gasteiger charge is -2.13. The summed E-state index contributed by atoms with van der Waals surface area (Å²) in [7, 11) is 0. The van der Waals surface area contributed by atoms with Crippen LogP contribution in [0.1, 0.15) is 13.8 Å². The summed E-state index contributed by atoms with van der Waals surface area (Å²) in [6, 6.07) is 2.00. The number of hydrogen-bond acceptors (Lipinski definition) is 3. The minimum Gasteiger partial charge on any atom is -0.298 e. The molecule has 1 aliphatic carbocycles. The summed E-state index contributed by atoms with van der Waals surface area (Å²) in [6.07, 6.45) is 1.65. The zero-order valence-corrected chi connectivity index (χ0v) is 7.02. The van der Waals surface area contributed by atoms with Crippen LogP contribution in [0.2, 0.25) is 0 Å². The fourth-order valence-corrected chi connectivity index (χ4v) is 1.03. The van der Waals surface area contributed by atoms with Gasteiger partial charge in [0.25, 0.3) is 0 Å². The Hall–Kier alpha value is -1.69. The van der Waals surface area contributed by atoms with E-state index in [0.29, 0.717) is 16.7 Å². The second-order valence-corrected chi connectivity index (χ2v) is 2.73. The van der Waals surface area contributed by atoms with Gasteiger partial charge in [-0.2, -0.15) is 5.26 Å². The van der Waals surface area contributed by atoms with E-state index >= 15 is 0 Å². The van der Waals surface area contributed by atoms with Gasteiger partial charge in [-0.1, -0.05) is 0 Å². The molecule has 0 heterocycles. The molecule has 0 saturated carbocycles. The lowest BCUT2D eigenvalue weighted by atomic mass is 9.91. The summed E-state index contributed by atoms with van der Waals surface area (Å²) in [5, 5.41) is 23.6. The Morgan fingerprint density at radius 2 is 1.83 bits per heavy atom. The zero-order valence-electron chi connectivity index (χ0n) is 7.02. The van der Waals surface area contributed by atoms with Gasteiger partial charge >= 0.3 is 0 Å². The van der Waals surface area contributed by atoms with Crippen LogP contribution < -0.4 is 0 Å². The molecule has 0 aliphatic heterocycles. The largest absolute Gasteiger partial charge is 0.298 e. The molecule has 3 heteroatoms. The highest BCUT2D eigenvalue weighted by atomic mass is 14.5. The number of allylic oxidation sites excluding steroid dienone is 4. The molecule has 0 bridgehead atoms. The number of nitriles is 1. The average molecular weight is 159 g/mol. The summed E-state index contributed by atoms with van der Waals surface area (Å²) < 4.78 is 0. The molecule has 1 aliphatic rings. The van der Waals surface area contributed by atoms with Gasteiger partial charge in [-0.05, 0) is 31.1 Å². The number of nitrogens with one attached hydrogen (secondary N) is 2. The molecule has 0 atom stereocenters. The maximum atomic E-state index is 8.66. The van der Waals surface area contributed by atoms with Gasteiger partial charge in [-0.15, -0.1) is 0 Å². The third-order valence-corrected chi connectivity index (χ3v) is 1.90. The van der Waals surface area contributed by atoms with E-state index in [0.717, 1.165) is 0 Å². The fraction of sp³-hybridized carbons (Fsp3) is 0.222. The molecule has 60 valence electrons. The highest BCUT2D eigenvalue weighted by Crippen LogP contribution is 2.17. The Labute approximate surface area is 71.0 Å². The van der Waals surface area contributed by atoms with E-state index in [4.69, 9.17) is 16.1 Å². The Kier molecular flexibility index (Phi) is 1.92. The van der Waals surface area contributed by atoms with Gasteiger partial charge in [0.2, 0.25) is 0 Å². The molecular weight excluding hydrogens is 150 g/mol. The topological polar surface area (TPSA) is 71.5 Å². The SMILES string of the molecule is CC1=CC(C#N)=C(C)C(=N)C1=N. The van der Waals surface area contributed by atoms with Crippen LogP contribution in [0.4, 0.5) is 0 Å². The quantitative estimate of drug-likeness (QED) is 0.520. The van der Waals surface area contributed by atoms with Crippen LogP contribution in [-0.4, -0.2) is 11.4 Å². The molecule has 3 nitrogen and oxygen atoms in total. The average Bonchev–Trinajstić information content (AvgIpc) is 2.08. The van der Waals surface area contributed by atoms with Gasteiger partial charge in [0, 0.05) is 0 Å². The van der Waals surface area contributed by atoms with Crippen molar-refractivity contribution in [2.45, 2.75) is 13.8 Å². The van der Waals surface area contributed by atoms with Gasteiger partial charge in [-0.25, -0.2) is 0 Å². The van der Waals surface area contributed by atoms with Crippen LogP contribution in [-0.2, 0) is 0 Å². The van der Waals surface area contributed by atoms with Crippen molar-refractivity contribution in [3.8, 4) is 6.07 Å². The van der Waals surface area contributed by atoms with Crippen molar-refractivity contribution in [3.63, 3.8) is 0 Å². The van der Waals surface area contributed by atoms with Gasteiger partial charge < -0.3 is 0 Å². The van der Waals surface area contributed by atoms with E-state index < -0.39 is 0 Å². The van der Waals surface area contributed by atoms with Crippen molar-refractivity contribution in [2.75, 3.05) is 0 Å². The molecule has 0 aromatic rings. The first-order valence-electron chi connectivity index (χ1n) is 3.55. The Morgan fingerprint density at radius 3 is 2.33 bits per heavy atom. The standard InChI is InChI=1S/C9H9N3/c1-5-3-7(4-10)6(2)9(12)8(5)11/h3,11-12H,1-2H3. The zero-order chi connectivity index (χ0) is 9.30. The number of nitrogens with zero attached hydrogens (tertiary/aromatic N) is 1. The third-order valence-electron chi connectivity index (χ3n) is 1.90. The number of hydrogen-bond donors (Lipinski definition) is 2. The maximum absolute atomic E-state index is 8.66. The van der Waals surface area contributed by atoms with E-state index in [-0.39, 0.29) is 11.4 Å². The van der Waals surface area contributed by atoms with Crippen molar-refractivity contribution in [1.82, 2.24) is 0 Å². The van der Waals surface area contributed by atoms with Crippen LogP contribution in [0.15, 0.2) is 22.8 Å². The molecule has 0 unspecified atom stereocenters. The Morgan fingerprint density at radius 1 is 1.25 bits per heavy atom. The van der Waals surface area contributed by atoms with Crippen LogP contribution in [0.5, 0.6) is 0 Å². The molecule has 2 N–H and O–H groups in total. The maximum Gasteiger partial charge on any atom is 0.0995 e. The van der Waals surface area contributed by atoms with Crippen molar-refractivity contribution in [3.05, 3.63) is 22.8 Å². The molecule has 1 rings (SSSR count). The number of rotatable bonds is 0. The third kappa shape index (κ3) is 1.08. The molecule has 0 saturated heterocycles. The molecule has 0 aromatic carbocycles. The molecule has 0 spiro atoms. The fourth-order valence-electron chi connectivity index (χ4n) is 1.03. The van der Waals surface area contributed by atoms with E-state index in [1.54, 1.807) is 19.9 Å². The summed E-state index contributed by atoms with van der Waals surface area (Å²) in [4.78, 5) is 0. The Balaban J connectivity index is 3.31. The molecule has 0 fully saturated rings. The second kappa shape index (κ2) is 2.74. The Bertz CT molecular complexity index is 360. The second-order valence-electron chi connectivity index (χ2n) is 2.73.